The van der Waals surface area contributed by atoms with Crippen LogP contribution in [0, 0.1) is 0 Å². The van der Waals surface area contributed by atoms with Crippen molar-refractivity contribution in [1.82, 2.24) is 10.6 Å². The molecule has 0 aromatic heterocycles. The van der Waals surface area contributed by atoms with Crippen LogP contribution in [0.4, 0.5) is 5.69 Å². The van der Waals surface area contributed by atoms with E-state index in [4.69, 9.17) is 16.6 Å². The fourth-order valence-electron chi connectivity index (χ4n) is 3.03. The van der Waals surface area contributed by atoms with Crippen LogP contribution in [0.3, 0.4) is 0 Å². The number of primary amides is 1. The third kappa shape index (κ3) is 8.32. The normalized spacial score (nSPS) is 11.6. The van der Waals surface area contributed by atoms with E-state index in [1.807, 2.05) is 48.5 Å². The molecule has 8 heteroatoms. The molecule has 7 N–H and O–H groups in total. The van der Waals surface area contributed by atoms with Crippen molar-refractivity contribution in [2.75, 3.05) is 18.8 Å². The average Bonchev–Trinajstić information content (AvgIpc) is 2.70. The first kappa shape index (κ1) is 22.9. The Morgan fingerprint density at radius 3 is 2.37 bits per heavy atom. The van der Waals surface area contributed by atoms with Crippen LogP contribution in [0.15, 0.2) is 48.5 Å². The molecule has 0 aliphatic rings. The molecule has 0 radical (unpaired) electrons. The summed E-state index contributed by atoms with van der Waals surface area (Å²) in [6, 6.07) is 15.2. The molecule has 0 aliphatic heterocycles. The molecular formula is C22H28N4O4. The fraction of sp³-hybridized carbons (Fsp3) is 0.318. The number of hydrogen-bond donors (Lipinski definition) is 5. The Morgan fingerprint density at radius 2 is 1.73 bits per heavy atom. The first-order valence-corrected chi connectivity index (χ1v) is 9.78. The van der Waals surface area contributed by atoms with Gasteiger partial charge < -0.3 is 27.2 Å². The van der Waals surface area contributed by atoms with Gasteiger partial charge in [0.1, 0.15) is 0 Å². The lowest BCUT2D eigenvalue weighted by molar-refractivity contribution is -0.137. The molecule has 30 heavy (non-hydrogen) atoms. The van der Waals surface area contributed by atoms with Crippen LogP contribution < -0.4 is 22.1 Å². The Morgan fingerprint density at radius 1 is 1.00 bits per heavy atom. The highest BCUT2D eigenvalue weighted by molar-refractivity contribution is 5.77. The number of carboxylic acids is 1. The van der Waals surface area contributed by atoms with Crippen molar-refractivity contribution >= 4 is 23.5 Å². The number of carbonyl (C=O) groups is 3. The van der Waals surface area contributed by atoms with Crippen molar-refractivity contribution in [1.29, 1.82) is 0 Å². The van der Waals surface area contributed by atoms with Gasteiger partial charge in [-0.2, -0.15) is 0 Å². The van der Waals surface area contributed by atoms with Gasteiger partial charge in [-0.25, -0.2) is 0 Å². The van der Waals surface area contributed by atoms with Gasteiger partial charge in [-0.05, 0) is 41.7 Å². The van der Waals surface area contributed by atoms with Gasteiger partial charge in [0.25, 0.3) is 0 Å². The minimum absolute atomic E-state index is 0.0289. The highest BCUT2D eigenvalue weighted by atomic mass is 16.4. The van der Waals surface area contributed by atoms with Crippen LogP contribution in [0.2, 0.25) is 0 Å². The maximum absolute atomic E-state index is 12.3. The Bertz CT molecular complexity index is 868. The van der Waals surface area contributed by atoms with E-state index in [0.717, 1.165) is 16.7 Å². The number of aryl methyl sites for hydroxylation is 1. The Kier molecular flexibility index (Phi) is 8.83. The van der Waals surface area contributed by atoms with Crippen LogP contribution in [0.25, 0.3) is 11.1 Å². The molecule has 0 heterocycles. The number of rotatable bonds is 12. The first-order chi connectivity index (χ1) is 14.3. The molecule has 2 rings (SSSR count). The molecule has 0 saturated heterocycles. The molecule has 0 aliphatic carbocycles. The summed E-state index contributed by atoms with van der Waals surface area (Å²) in [7, 11) is 0. The Balaban J connectivity index is 1.86. The maximum Gasteiger partial charge on any atom is 0.303 e. The maximum atomic E-state index is 12.3. The minimum atomic E-state index is -0.940. The third-order valence-electron chi connectivity index (χ3n) is 4.58. The monoisotopic (exact) mass is 412 g/mol. The van der Waals surface area contributed by atoms with Crippen LogP contribution in [-0.2, 0) is 20.8 Å². The number of hydrogen-bond acceptors (Lipinski definition) is 5. The van der Waals surface area contributed by atoms with Gasteiger partial charge in [-0.15, -0.1) is 0 Å². The van der Waals surface area contributed by atoms with Crippen LogP contribution in [-0.4, -0.2) is 42.0 Å². The molecule has 8 nitrogen and oxygen atoms in total. The molecule has 2 amide bonds. The van der Waals surface area contributed by atoms with Gasteiger partial charge >= 0.3 is 5.97 Å². The van der Waals surface area contributed by atoms with E-state index < -0.39 is 11.9 Å². The lowest BCUT2D eigenvalue weighted by Gasteiger charge is -2.18. The quantitative estimate of drug-likeness (QED) is 0.332. The van der Waals surface area contributed by atoms with E-state index in [9.17, 15) is 14.4 Å². The summed E-state index contributed by atoms with van der Waals surface area (Å²) in [6.45, 7) is 0.246. The summed E-state index contributed by atoms with van der Waals surface area (Å²) >= 11 is 0. The zero-order chi connectivity index (χ0) is 21.9. The molecule has 2 aromatic rings. The first-order valence-electron chi connectivity index (χ1n) is 9.78. The topological polar surface area (TPSA) is 148 Å². The van der Waals surface area contributed by atoms with Crippen LogP contribution in [0.1, 0.15) is 24.8 Å². The summed E-state index contributed by atoms with van der Waals surface area (Å²) in [5, 5.41) is 14.5. The fourth-order valence-corrected chi connectivity index (χ4v) is 3.03. The lowest BCUT2D eigenvalue weighted by atomic mass is 10.0. The van der Waals surface area contributed by atoms with E-state index in [-0.39, 0.29) is 44.3 Å². The highest BCUT2D eigenvalue weighted by Crippen LogP contribution is 2.22. The molecule has 1 unspecified atom stereocenters. The van der Waals surface area contributed by atoms with E-state index in [1.54, 1.807) is 0 Å². The second kappa shape index (κ2) is 11.6. The van der Waals surface area contributed by atoms with Gasteiger partial charge in [0.2, 0.25) is 11.8 Å². The Labute approximate surface area is 175 Å². The highest BCUT2D eigenvalue weighted by Gasteiger charge is 2.14. The number of nitrogens with two attached hydrogens (primary N) is 2. The van der Waals surface area contributed by atoms with Crippen LogP contribution in [0.5, 0.6) is 0 Å². The standard InChI is InChI=1S/C22H28N4O4/c23-18-3-1-2-17(12-18)16-7-4-15(5-8-16)6-10-21(28)26-19(9-11-22(29)30)13-25-14-20(24)27/h1-5,7-8,12,19,25H,6,9-11,13-14,23H2,(H2,24,27)(H,26,28)(H,29,30). The molecule has 0 spiro atoms. The van der Waals surface area contributed by atoms with Gasteiger partial charge in [0.15, 0.2) is 0 Å². The van der Waals surface area contributed by atoms with E-state index in [2.05, 4.69) is 10.6 Å². The second-order valence-electron chi connectivity index (χ2n) is 7.12. The van der Waals surface area contributed by atoms with Gasteiger partial charge in [-0.1, -0.05) is 36.4 Å². The molecule has 160 valence electrons. The van der Waals surface area contributed by atoms with Gasteiger partial charge in [0.05, 0.1) is 6.54 Å². The zero-order valence-electron chi connectivity index (χ0n) is 16.8. The van der Waals surface area contributed by atoms with Crippen molar-refractivity contribution in [3.63, 3.8) is 0 Å². The van der Waals surface area contributed by atoms with Crippen molar-refractivity contribution < 1.29 is 19.5 Å². The average molecular weight is 412 g/mol. The molecular weight excluding hydrogens is 384 g/mol. The number of amides is 2. The summed E-state index contributed by atoms with van der Waals surface area (Å²) < 4.78 is 0. The number of benzene rings is 2. The number of nitrogens with one attached hydrogen (secondary N) is 2. The number of anilines is 1. The smallest absolute Gasteiger partial charge is 0.303 e. The van der Waals surface area contributed by atoms with E-state index in [1.165, 1.54) is 0 Å². The summed E-state index contributed by atoms with van der Waals surface area (Å²) in [6.07, 6.45) is 1.02. The van der Waals surface area contributed by atoms with Crippen molar-refractivity contribution in [2.45, 2.75) is 31.7 Å². The van der Waals surface area contributed by atoms with E-state index in [0.29, 0.717) is 12.1 Å². The predicted molar refractivity (Wildman–Crippen MR) is 115 cm³/mol. The molecule has 2 aromatic carbocycles. The van der Waals surface area contributed by atoms with Crippen molar-refractivity contribution in [3.8, 4) is 11.1 Å². The predicted octanol–water partition coefficient (Wildman–Crippen LogP) is 1.29. The Hall–Kier alpha value is -3.39. The van der Waals surface area contributed by atoms with Crippen molar-refractivity contribution in [2.24, 2.45) is 5.73 Å². The van der Waals surface area contributed by atoms with Crippen LogP contribution >= 0.6 is 0 Å². The summed E-state index contributed by atoms with van der Waals surface area (Å²) in [5.41, 5.74) is 14.7. The number of carbonyl (C=O) groups excluding carboxylic acids is 2. The molecule has 1 atom stereocenters. The third-order valence-corrected chi connectivity index (χ3v) is 4.58. The summed E-state index contributed by atoms with van der Waals surface area (Å²) in [4.78, 5) is 34.0. The molecule has 0 bridgehead atoms. The van der Waals surface area contributed by atoms with Gasteiger partial charge in [-0.3, -0.25) is 14.4 Å². The second-order valence-corrected chi connectivity index (χ2v) is 7.12. The number of aliphatic carboxylic acids is 1. The van der Waals surface area contributed by atoms with Crippen molar-refractivity contribution in [3.05, 3.63) is 54.1 Å². The zero-order valence-corrected chi connectivity index (χ0v) is 16.8. The molecule has 0 fully saturated rings. The van der Waals surface area contributed by atoms with E-state index >= 15 is 0 Å². The number of carboxylic acid groups (broad SMARTS) is 1. The SMILES string of the molecule is NC(=O)CNCC(CCC(=O)O)NC(=O)CCc1ccc(-c2cccc(N)c2)cc1. The molecule has 0 saturated carbocycles. The largest absolute Gasteiger partial charge is 0.481 e. The number of nitrogen functional groups attached to an aromatic ring is 1. The summed E-state index contributed by atoms with van der Waals surface area (Å²) in [5.74, 6) is -1.63. The van der Waals surface area contributed by atoms with Gasteiger partial charge in [0, 0.05) is 31.1 Å². The lowest BCUT2D eigenvalue weighted by Crippen LogP contribution is -2.44. The minimum Gasteiger partial charge on any atom is -0.481 e.